The van der Waals surface area contributed by atoms with Crippen molar-refractivity contribution in [2.24, 2.45) is 11.8 Å². The molecule has 1 aliphatic carbocycles. The number of carboxylic acid groups (broad SMARTS) is 1. The quantitative estimate of drug-likeness (QED) is 0.229. The molecular weight excluding hydrogens is 663 g/mol. The van der Waals surface area contributed by atoms with Gasteiger partial charge in [-0.25, -0.2) is 9.37 Å². The van der Waals surface area contributed by atoms with E-state index in [1.807, 2.05) is 50.4 Å². The summed E-state index contributed by atoms with van der Waals surface area (Å²) in [5.41, 5.74) is 2.26. The molecule has 0 spiro atoms. The highest BCUT2D eigenvalue weighted by Crippen LogP contribution is 2.44. The average Bonchev–Trinajstić information content (AvgIpc) is 3.57. The fraction of sp³-hybridized carbons (Fsp3) is 0.515. The summed E-state index contributed by atoms with van der Waals surface area (Å²) in [6.07, 6.45) is 6.90. The van der Waals surface area contributed by atoms with Crippen LogP contribution < -0.4 is 0 Å². The molecule has 11 heteroatoms. The molecule has 2 heterocycles. The maximum Gasteiger partial charge on any atom is 0.321 e. The summed E-state index contributed by atoms with van der Waals surface area (Å²) in [5.74, 6) is 0.151. The van der Waals surface area contributed by atoms with Gasteiger partial charge < -0.3 is 10.0 Å². The number of thiazole rings is 1. The molecule has 3 unspecified atom stereocenters. The first-order valence-corrected chi connectivity index (χ1v) is 16.0. The zero-order valence-corrected chi connectivity index (χ0v) is 29.4. The second-order valence-corrected chi connectivity index (χ2v) is 13.9. The Morgan fingerprint density at radius 3 is 2.41 bits per heavy atom. The van der Waals surface area contributed by atoms with Gasteiger partial charge in [-0.15, -0.1) is 48.6 Å². The summed E-state index contributed by atoms with van der Waals surface area (Å²) < 4.78 is 14.2. The minimum atomic E-state index is -0.769. The zero-order valence-electron chi connectivity index (χ0n) is 25.4. The van der Waals surface area contributed by atoms with Crippen LogP contribution in [0.25, 0.3) is 0 Å². The topological polar surface area (TPSA) is 56.7 Å². The fourth-order valence-electron chi connectivity index (χ4n) is 7.04. The predicted octanol–water partition coefficient (Wildman–Crippen LogP) is 8.57. The van der Waals surface area contributed by atoms with Crippen LogP contribution in [0.5, 0.6) is 0 Å². The molecule has 1 saturated carbocycles. The Morgan fingerprint density at radius 2 is 1.80 bits per heavy atom. The maximum atomic E-state index is 14.2. The summed E-state index contributed by atoms with van der Waals surface area (Å²) in [7, 11) is 1.95. The van der Waals surface area contributed by atoms with Crippen LogP contribution in [0.2, 0.25) is 5.02 Å². The molecule has 5 nitrogen and oxygen atoms in total. The van der Waals surface area contributed by atoms with Crippen molar-refractivity contribution in [2.45, 2.75) is 69.9 Å². The highest BCUT2D eigenvalue weighted by molar-refractivity contribution is 7.11. The van der Waals surface area contributed by atoms with Crippen molar-refractivity contribution >= 4 is 66.1 Å². The molecule has 0 amide bonds. The first kappa shape index (κ1) is 38.7. The van der Waals surface area contributed by atoms with Gasteiger partial charge in [-0.05, 0) is 105 Å². The third-order valence-electron chi connectivity index (χ3n) is 9.17. The number of carboxylic acids is 1. The number of likely N-dealkylation sites (tertiary alicyclic amines) is 1. The van der Waals surface area contributed by atoms with Crippen LogP contribution in [0, 0.1) is 17.7 Å². The number of nitrogens with zero attached hydrogens (tertiary/aromatic N) is 3. The Bertz CT molecular complexity index is 1320. The molecule has 1 saturated heterocycles. The number of benzene rings is 2. The van der Waals surface area contributed by atoms with Crippen LogP contribution in [0.4, 0.5) is 4.39 Å². The highest BCUT2D eigenvalue weighted by Gasteiger charge is 2.41. The number of likely N-dealkylation sites (N-methyl/N-ethyl adjacent to an activating group) is 1. The second-order valence-electron chi connectivity index (χ2n) is 12.3. The molecular formula is C33H44Cl4FN3O2S. The van der Waals surface area contributed by atoms with Crippen LogP contribution in [-0.2, 0) is 11.2 Å². The minimum absolute atomic E-state index is 0. The SMILES string of the molecule is CC(C)[C@H](C(=O)O)N(C)C1CC(CN2CCC(c3cnc(Cc4ccc(Cl)cc4)s3)CC2)C(c2cccc(F)c2)C1.Cl.Cl.Cl. The van der Waals surface area contributed by atoms with Crippen molar-refractivity contribution in [3.8, 4) is 0 Å². The van der Waals surface area contributed by atoms with Crippen molar-refractivity contribution < 1.29 is 14.3 Å². The van der Waals surface area contributed by atoms with E-state index >= 15 is 0 Å². The van der Waals surface area contributed by atoms with E-state index in [-0.39, 0.29) is 60.9 Å². The normalized spacial score (nSPS) is 21.4. The van der Waals surface area contributed by atoms with E-state index in [2.05, 4.69) is 28.1 Å². The first-order chi connectivity index (χ1) is 19.7. The van der Waals surface area contributed by atoms with Crippen LogP contribution in [0.15, 0.2) is 54.7 Å². The molecule has 0 radical (unpaired) electrons. The monoisotopic (exact) mass is 705 g/mol. The lowest BCUT2D eigenvalue weighted by Crippen LogP contribution is -2.47. The van der Waals surface area contributed by atoms with Gasteiger partial charge in [0.05, 0.1) is 5.01 Å². The third-order valence-corrected chi connectivity index (χ3v) is 10.6. The maximum absolute atomic E-state index is 14.2. The third kappa shape index (κ3) is 9.54. The molecule has 2 fully saturated rings. The Labute approximate surface area is 288 Å². The Morgan fingerprint density at radius 1 is 1.11 bits per heavy atom. The summed E-state index contributed by atoms with van der Waals surface area (Å²) >= 11 is 7.86. The van der Waals surface area contributed by atoms with Crippen LogP contribution in [0.3, 0.4) is 0 Å². The van der Waals surface area contributed by atoms with Gasteiger partial charge in [0.2, 0.25) is 0 Å². The van der Waals surface area contributed by atoms with Gasteiger partial charge in [-0.2, -0.15) is 0 Å². The molecule has 3 aromatic rings. The number of aliphatic carboxylic acids is 1. The standard InChI is InChI=1S/C33H41ClFN3O2S.3ClH/c1-21(2)32(33(39)40)37(3)28-17-25(29(18-28)24-5-4-6-27(35)16-24)20-38-13-11-23(12-14-38)30-19-36-31(41-30)15-22-7-9-26(34)10-8-22;;;/h4-10,16,19,21,23,25,28-29,32H,11-15,17-18,20H2,1-3H3,(H,39,40);3*1H/t25?,28?,29?,32-;;;/m1.../s1. The molecule has 4 atom stereocenters. The second kappa shape index (κ2) is 17.5. The number of aromatic nitrogens is 1. The van der Waals surface area contributed by atoms with Gasteiger partial charge in [-0.3, -0.25) is 9.69 Å². The molecule has 244 valence electrons. The molecule has 1 N–H and O–H groups in total. The summed E-state index contributed by atoms with van der Waals surface area (Å²) in [4.78, 5) is 22.8. The minimum Gasteiger partial charge on any atom is -0.480 e. The van der Waals surface area contributed by atoms with E-state index in [4.69, 9.17) is 16.6 Å². The van der Waals surface area contributed by atoms with Gasteiger partial charge in [0, 0.05) is 35.1 Å². The first-order valence-electron chi connectivity index (χ1n) is 14.8. The number of piperidine rings is 1. The molecule has 5 rings (SSSR count). The number of rotatable bonds is 10. The Balaban J connectivity index is 0.00000225. The van der Waals surface area contributed by atoms with Crippen molar-refractivity contribution in [1.29, 1.82) is 0 Å². The molecule has 0 bridgehead atoms. The van der Waals surface area contributed by atoms with Crippen LogP contribution in [-0.4, -0.2) is 64.6 Å². The average molecular weight is 708 g/mol. The number of carbonyl (C=O) groups is 1. The van der Waals surface area contributed by atoms with E-state index in [9.17, 15) is 14.3 Å². The largest absolute Gasteiger partial charge is 0.480 e. The lowest BCUT2D eigenvalue weighted by molar-refractivity contribution is -0.145. The number of hydrogen-bond donors (Lipinski definition) is 1. The predicted molar refractivity (Wildman–Crippen MR) is 186 cm³/mol. The van der Waals surface area contributed by atoms with Crippen molar-refractivity contribution in [2.75, 3.05) is 26.7 Å². The number of halogens is 5. The van der Waals surface area contributed by atoms with Crippen LogP contribution >= 0.6 is 60.2 Å². The van der Waals surface area contributed by atoms with Crippen molar-refractivity contribution in [1.82, 2.24) is 14.8 Å². The molecule has 1 aromatic heterocycles. The Hall–Kier alpha value is -1.45. The van der Waals surface area contributed by atoms with Crippen LogP contribution in [0.1, 0.15) is 72.4 Å². The molecule has 44 heavy (non-hydrogen) atoms. The van der Waals surface area contributed by atoms with Gasteiger partial charge in [0.25, 0.3) is 0 Å². The van der Waals surface area contributed by atoms with Gasteiger partial charge >= 0.3 is 5.97 Å². The van der Waals surface area contributed by atoms with E-state index in [1.54, 1.807) is 12.1 Å². The van der Waals surface area contributed by atoms with Gasteiger partial charge in [-0.1, -0.05) is 49.7 Å². The summed E-state index contributed by atoms with van der Waals surface area (Å²) in [6.45, 7) is 6.97. The highest BCUT2D eigenvalue weighted by atomic mass is 35.5. The zero-order chi connectivity index (χ0) is 29.1. The van der Waals surface area contributed by atoms with E-state index in [0.29, 0.717) is 11.8 Å². The number of hydrogen-bond acceptors (Lipinski definition) is 5. The lowest BCUT2D eigenvalue weighted by atomic mass is 9.87. The smallest absolute Gasteiger partial charge is 0.321 e. The summed E-state index contributed by atoms with van der Waals surface area (Å²) in [5, 5.41) is 11.8. The summed E-state index contributed by atoms with van der Waals surface area (Å²) in [6, 6.07) is 14.6. The van der Waals surface area contributed by atoms with Crippen molar-refractivity contribution in [3.63, 3.8) is 0 Å². The van der Waals surface area contributed by atoms with E-state index in [0.717, 1.165) is 67.3 Å². The fourth-order valence-corrected chi connectivity index (χ4v) is 8.29. The molecule has 2 aliphatic rings. The molecule has 2 aromatic carbocycles. The van der Waals surface area contributed by atoms with E-state index < -0.39 is 12.0 Å². The van der Waals surface area contributed by atoms with Gasteiger partial charge in [0.1, 0.15) is 11.9 Å². The molecule has 1 aliphatic heterocycles. The van der Waals surface area contributed by atoms with Crippen molar-refractivity contribution in [3.05, 3.63) is 86.6 Å². The van der Waals surface area contributed by atoms with Gasteiger partial charge in [0.15, 0.2) is 0 Å². The van der Waals surface area contributed by atoms with E-state index in [1.165, 1.54) is 16.5 Å². The Kier molecular flexibility index (Phi) is 15.4. The lowest BCUT2D eigenvalue weighted by Gasteiger charge is -2.35.